The molecular formula is C21H22N2O3S. The Morgan fingerprint density at radius 3 is 2.44 bits per heavy atom. The van der Waals surface area contributed by atoms with Gasteiger partial charge in [0.2, 0.25) is 0 Å². The molecule has 0 spiro atoms. The van der Waals surface area contributed by atoms with Gasteiger partial charge in [0.1, 0.15) is 5.03 Å². The van der Waals surface area contributed by atoms with Crippen LogP contribution in [0.15, 0.2) is 41.4 Å². The van der Waals surface area contributed by atoms with Gasteiger partial charge >= 0.3 is 5.97 Å². The monoisotopic (exact) mass is 382 g/mol. The fraction of sp³-hybridized carbons (Fsp3) is 0.286. The van der Waals surface area contributed by atoms with Crippen molar-refractivity contribution < 1.29 is 14.3 Å². The number of ether oxygens (including phenoxy) is 1. The Morgan fingerprint density at radius 2 is 1.78 bits per heavy atom. The van der Waals surface area contributed by atoms with Crippen LogP contribution in [-0.2, 0) is 9.53 Å². The number of pyridine rings is 1. The van der Waals surface area contributed by atoms with E-state index >= 15 is 0 Å². The highest BCUT2D eigenvalue weighted by Gasteiger charge is 2.23. The van der Waals surface area contributed by atoms with Gasteiger partial charge in [-0.2, -0.15) is 5.10 Å². The number of benzene rings is 1. The summed E-state index contributed by atoms with van der Waals surface area (Å²) in [5, 5.41) is 5.14. The van der Waals surface area contributed by atoms with Crippen molar-refractivity contribution in [2.45, 2.75) is 32.7 Å². The molecule has 1 aromatic carbocycles. The molecule has 0 bridgehead atoms. The molecule has 2 heterocycles. The first kappa shape index (κ1) is 19.2. The second-order valence-corrected chi connectivity index (χ2v) is 7.40. The number of hydrogen-bond donors (Lipinski definition) is 0. The lowest BCUT2D eigenvalue weighted by atomic mass is 10.0. The van der Waals surface area contributed by atoms with Gasteiger partial charge in [-0.25, -0.2) is 4.52 Å². The van der Waals surface area contributed by atoms with E-state index in [9.17, 15) is 9.59 Å². The third kappa shape index (κ3) is 4.06. The molecule has 0 unspecified atom stereocenters. The molecule has 27 heavy (non-hydrogen) atoms. The second-order valence-electron chi connectivity index (χ2n) is 6.44. The quantitative estimate of drug-likeness (QED) is 0.364. The van der Waals surface area contributed by atoms with Crippen LogP contribution >= 0.6 is 11.8 Å². The van der Waals surface area contributed by atoms with E-state index < -0.39 is 0 Å². The zero-order valence-corrected chi connectivity index (χ0v) is 16.7. The van der Waals surface area contributed by atoms with Gasteiger partial charge < -0.3 is 4.74 Å². The van der Waals surface area contributed by atoms with Crippen molar-refractivity contribution >= 4 is 29.0 Å². The van der Waals surface area contributed by atoms with Gasteiger partial charge in [-0.05, 0) is 45.4 Å². The van der Waals surface area contributed by atoms with E-state index in [1.165, 1.54) is 11.8 Å². The third-order valence-electron chi connectivity index (χ3n) is 4.20. The van der Waals surface area contributed by atoms with Crippen molar-refractivity contribution in [3.8, 4) is 0 Å². The lowest BCUT2D eigenvalue weighted by Crippen LogP contribution is -2.08. The number of aromatic nitrogens is 2. The van der Waals surface area contributed by atoms with Gasteiger partial charge in [-0.1, -0.05) is 41.6 Å². The smallest absolute Gasteiger partial charge is 0.316 e. The minimum Gasteiger partial charge on any atom is -0.465 e. The first-order valence-corrected chi connectivity index (χ1v) is 9.79. The largest absolute Gasteiger partial charge is 0.465 e. The molecule has 140 valence electrons. The van der Waals surface area contributed by atoms with Crippen LogP contribution < -0.4 is 0 Å². The fourth-order valence-electron chi connectivity index (χ4n) is 2.95. The lowest BCUT2D eigenvalue weighted by Gasteiger charge is -2.05. The first-order chi connectivity index (χ1) is 12.9. The average molecular weight is 382 g/mol. The number of fused-ring (bicyclic) bond motifs is 1. The molecule has 0 fully saturated rings. The molecule has 0 amide bonds. The molecule has 0 aliphatic heterocycles. The zero-order valence-electron chi connectivity index (χ0n) is 15.9. The molecule has 0 saturated heterocycles. The van der Waals surface area contributed by atoms with Gasteiger partial charge in [0.15, 0.2) is 5.78 Å². The van der Waals surface area contributed by atoms with Crippen LogP contribution in [0.4, 0.5) is 0 Å². The van der Waals surface area contributed by atoms with Crippen LogP contribution in [0.2, 0.25) is 0 Å². The molecule has 0 aliphatic carbocycles. The van der Waals surface area contributed by atoms with Crippen LogP contribution in [0.3, 0.4) is 0 Å². The van der Waals surface area contributed by atoms with Crippen LogP contribution in [0.1, 0.15) is 39.7 Å². The number of nitrogens with zero attached hydrogens (tertiary/aromatic N) is 2. The molecule has 0 atom stereocenters. The number of thioether (sulfide) groups is 1. The topological polar surface area (TPSA) is 60.7 Å². The van der Waals surface area contributed by atoms with Crippen LogP contribution in [0.25, 0.3) is 5.52 Å². The van der Waals surface area contributed by atoms with Gasteiger partial charge in [0.05, 0.1) is 23.4 Å². The summed E-state index contributed by atoms with van der Waals surface area (Å²) < 4.78 is 6.77. The van der Waals surface area contributed by atoms with Crippen LogP contribution in [0, 0.1) is 20.8 Å². The predicted octanol–water partition coefficient (Wildman–Crippen LogP) is 4.15. The minimum atomic E-state index is -0.318. The van der Waals surface area contributed by atoms with Gasteiger partial charge in [0.25, 0.3) is 0 Å². The van der Waals surface area contributed by atoms with Crippen LogP contribution in [0.5, 0.6) is 0 Å². The van der Waals surface area contributed by atoms with E-state index in [2.05, 4.69) is 5.10 Å². The maximum atomic E-state index is 13.3. The van der Waals surface area contributed by atoms with Crippen molar-refractivity contribution in [2.24, 2.45) is 0 Å². The van der Waals surface area contributed by atoms with Crippen molar-refractivity contribution in [3.63, 3.8) is 0 Å². The lowest BCUT2D eigenvalue weighted by molar-refractivity contribution is -0.139. The number of rotatable bonds is 6. The predicted molar refractivity (Wildman–Crippen MR) is 107 cm³/mol. The van der Waals surface area contributed by atoms with E-state index in [1.54, 1.807) is 11.4 Å². The average Bonchev–Trinajstić information content (AvgIpc) is 2.99. The molecule has 0 N–H and O–H groups in total. The summed E-state index contributed by atoms with van der Waals surface area (Å²) >= 11 is 1.23. The van der Waals surface area contributed by atoms with E-state index in [0.29, 0.717) is 22.8 Å². The number of carbonyl (C=O) groups is 2. The highest BCUT2D eigenvalue weighted by molar-refractivity contribution is 8.00. The standard InChI is InChI=1S/C21H22N2O3S/c1-5-26-18(24)12-27-21-19(20(25)16-8-6-13(2)7-9-16)17-11-14(3)10-15(4)23(17)22-21/h6-11H,5,12H2,1-4H3. The molecule has 3 rings (SSSR count). The molecule has 3 aromatic rings. The van der Waals surface area contributed by atoms with E-state index in [-0.39, 0.29) is 17.5 Å². The Morgan fingerprint density at radius 1 is 1.07 bits per heavy atom. The first-order valence-electron chi connectivity index (χ1n) is 8.80. The van der Waals surface area contributed by atoms with Gasteiger partial charge in [0, 0.05) is 11.3 Å². The third-order valence-corrected chi connectivity index (χ3v) is 5.14. The number of esters is 1. The number of hydrogen-bond acceptors (Lipinski definition) is 5. The van der Waals surface area contributed by atoms with E-state index in [0.717, 1.165) is 22.3 Å². The Balaban J connectivity index is 2.09. The summed E-state index contributed by atoms with van der Waals surface area (Å²) in [7, 11) is 0. The normalized spacial score (nSPS) is 11.0. The number of aryl methyl sites for hydroxylation is 3. The van der Waals surface area contributed by atoms with E-state index in [1.807, 2.05) is 57.2 Å². The van der Waals surface area contributed by atoms with Crippen LogP contribution in [-0.4, -0.2) is 33.7 Å². The summed E-state index contributed by atoms with van der Waals surface area (Å²) in [6.07, 6.45) is 0. The Bertz CT molecular complexity index is 1010. The minimum absolute atomic E-state index is 0.0960. The maximum absolute atomic E-state index is 13.3. The molecule has 0 aliphatic rings. The Hall–Kier alpha value is -2.60. The molecule has 0 saturated carbocycles. The molecule has 0 radical (unpaired) electrons. The van der Waals surface area contributed by atoms with E-state index in [4.69, 9.17) is 4.74 Å². The fourth-order valence-corrected chi connectivity index (χ4v) is 3.77. The summed E-state index contributed by atoms with van der Waals surface area (Å²) in [6.45, 7) is 8.03. The summed E-state index contributed by atoms with van der Waals surface area (Å²) in [6, 6.07) is 11.4. The highest BCUT2D eigenvalue weighted by Crippen LogP contribution is 2.29. The molecular weight excluding hydrogens is 360 g/mol. The second kappa shape index (κ2) is 7.96. The molecule has 2 aromatic heterocycles. The Kier molecular flexibility index (Phi) is 5.65. The van der Waals surface area contributed by atoms with Crippen molar-refractivity contribution in [1.82, 2.24) is 9.61 Å². The van der Waals surface area contributed by atoms with Gasteiger partial charge in [-0.3, -0.25) is 9.59 Å². The number of ketones is 1. The summed E-state index contributed by atoms with van der Waals surface area (Å²) in [5.41, 5.74) is 4.97. The summed E-state index contributed by atoms with van der Waals surface area (Å²) in [5.74, 6) is -0.299. The van der Waals surface area contributed by atoms with Crippen molar-refractivity contribution in [2.75, 3.05) is 12.4 Å². The molecule has 6 heteroatoms. The zero-order chi connectivity index (χ0) is 19.6. The SMILES string of the molecule is CCOC(=O)CSc1nn2c(C)cc(C)cc2c1C(=O)c1ccc(C)cc1. The summed E-state index contributed by atoms with van der Waals surface area (Å²) in [4.78, 5) is 25.0. The van der Waals surface area contributed by atoms with Gasteiger partial charge in [-0.15, -0.1) is 0 Å². The molecule has 5 nitrogen and oxygen atoms in total. The highest BCUT2D eigenvalue weighted by atomic mass is 32.2. The Labute approximate surface area is 162 Å². The van der Waals surface area contributed by atoms with Crippen molar-refractivity contribution in [1.29, 1.82) is 0 Å². The maximum Gasteiger partial charge on any atom is 0.316 e. The van der Waals surface area contributed by atoms with Crippen molar-refractivity contribution in [3.05, 3.63) is 64.3 Å². The number of carbonyl (C=O) groups excluding carboxylic acids is 2.